The van der Waals surface area contributed by atoms with Crippen molar-refractivity contribution in [3.8, 4) is 0 Å². The Bertz CT molecular complexity index is 219. The van der Waals surface area contributed by atoms with Crippen LogP contribution in [0.25, 0.3) is 0 Å². The van der Waals surface area contributed by atoms with Crippen LogP contribution in [0.5, 0.6) is 0 Å². The monoisotopic (exact) mass is 244 g/mol. The highest BCUT2D eigenvalue weighted by Crippen LogP contribution is 2.22. The van der Waals surface area contributed by atoms with Gasteiger partial charge < -0.3 is 10.6 Å². The van der Waals surface area contributed by atoms with Crippen molar-refractivity contribution < 1.29 is 4.79 Å². The molecule has 2 unspecified atom stereocenters. The van der Waals surface area contributed by atoms with E-state index < -0.39 is 0 Å². The van der Waals surface area contributed by atoms with Gasteiger partial charge in [-0.25, -0.2) is 0 Å². The van der Waals surface area contributed by atoms with Crippen molar-refractivity contribution in [3.05, 3.63) is 0 Å². The van der Waals surface area contributed by atoms with Gasteiger partial charge in [0.25, 0.3) is 0 Å². The highest BCUT2D eigenvalue weighted by molar-refractivity contribution is 8.00. The molecule has 1 fully saturated rings. The summed E-state index contributed by atoms with van der Waals surface area (Å²) in [6.45, 7) is 6.77. The Hall–Kier alpha value is -0.220. The lowest BCUT2D eigenvalue weighted by Crippen LogP contribution is -2.42. The number of hydrogen-bond donors (Lipinski definition) is 1. The maximum Gasteiger partial charge on any atom is 0.222 e. The molecule has 0 radical (unpaired) electrons. The molecular weight excluding hydrogens is 220 g/mol. The van der Waals surface area contributed by atoms with Gasteiger partial charge in [-0.1, -0.05) is 20.3 Å². The van der Waals surface area contributed by atoms with Gasteiger partial charge in [0, 0.05) is 30.5 Å². The summed E-state index contributed by atoms with van der Waals surface area (Å²) in [5.41, 5.74) is 5.64. The molecule has 0 aliphatic carbocycles. The van der Waals surface area contributed by atoms with Crippen LogP contribution in [-0.4, -0.2) is 41.4 Å². The van der Waals surface area contributed by atoms with Gasteiger partial charge in [-0.2, -0.15) is 11.8 Å². The van der Waals surface area contributed by atoms with E-state index in [4.69, 9.17) is 5.73 Å². The van der Waals surface area contributed by atoms with E-state index in [1.807, 2.05) is 16.7 Å². The molecule has 16 heavy (non-hydrogen) atoms. The quantitative estimate of drug-likeness (QED) is 0.801. The Morgan fingerprint density at radius 2 is 2.31 bits per heavy atom. The molecule has 0 aromatic heterocycles. The minimum Gasteiger partial charge on any atom is -0.341 e. The van der Waals surface area contributed by atoms with Crippen LogP contribution in [-0.2, 0) is 4.79 Å². The lowest BCUT2D eigenvalue weighted by atomic mass is 10.0. The van der Waals surface area contributed by atoms with Gasteiger partial charge in [0.05, 0.1) is 0 Å². The molecule has 0 spiro atoms. The number of amides is 1. The normalized spacial score (nSPS) is 23.2. The van der Waals surface area contributed by atoms with Crippen LogP contribution < -0.4 is 5.73 Å². The third-order valence-electron chi connectivity index (χ3n) is 3.32. The number of carbonyl (C=O) groups excluding carboxylic acids is 1. The first-order chi connectivity index (χ1) is 7.71. The van der Waals surface area contributed by atoms with Crippen molar-refractivity contribution in [2.75, 3.05) is 25.4 Å². The molecule has 1 rings (SSSR count). The minimum absolute atomic E-state index is 0.302. The van der Waals surface area contributed by atoms with Gasteiger partial charge in [0.1, 0.15) is 0 Å². The molecule has 0 bridgehead atoms. The average Bonchev–Trinajstić information content (AvgIpc) is 2.35. The second-order valence-corrected chi connectivity index (χ2v) is 5.86. The van der Waals surface area contributed by atoms with Crippen LogP contribution in [0, 0.1) is 5.92 Å². The van der Waals surface area contributed by atoms with E-state index in [9.17, 15) is 4.79 Å². The molecule has 1 saturated heterocycles. The van der Waals surface area contributed by atoms with E-state index in [1.165, 1.54) is 0 Å². The van der Waals surface area contributed by atoms with Gasteiger partial charge in [-0.05, 0) is 18.9 Å². The van der Waals surface area contributed by atoms with Gasteiger partial charge in [-0.3, -0.25) is 4.79 Å². The minimum atomic E-state index is 0.302. The Labute approximate surface area is 103 Å². The molecule has 1 heterocycles. The van der Waals surface area contributed by atoms with Gasteiger partial charge >= 0.3 is 0 Å². The van der Waals surface area contributed by atoms with Crippen molar-refractivity contribution in [2.24, 2.45) is 11.7 Å². The number of rotatable bonds is 5. The fourth-order valence-electron chi connectivity index (χ4n) is 1.96. The van der Waals surface area contributed by atoms with Crippen molar-refractivity contribution in [1.29, 1.82) is 0 Å². The summed E-state index contributed by atoms with van der Waals surface area (Å²) in [6.07, 6.45) is 2.79. The van der Waals surface area contributed by atoms with E-state index in [-0.39, 0.29) is 0 Å². The second kappa shape index (κ2) is 7.17. The van der Waals surface area contributed by atoms with Crippen LogP contribution in [0.2, 0.25) is 0 Å². The number of nitrogens with zero attached hydrogens (tertiary/aromatic N) is 1. The Kier molecular flexibility index (Phi) is 6.21. The Balaban J connectivity index is 2.40. The van der Waals surface area contributed by atoms with Crippen LogP contribution in [0.1, 0.15) is 33.1 Å². The summed E-state index contributed by atoms with van der Waals surface area (Å²) in [5, 5.41) is 0.635. The zero-order valence-electron chi connectivity index (χ0n) is 10.4. The van der Waals surface area contributed by atoms with E-state index in [1.54, 1.807) is 0 Å². The molecule has 0 aromatic carbocycles. The predicted octanol–water partition coefficient (Wildman–Crippen LogP) is 1.72. The van der Waals surface area contributed by atoms with Gasteiger partial charge in [0.15, 0.2) is 0 Å². The standard InChI is InChI=1S/C12H24N2OS/c1-3-10(8-13)7-12(15)14-5-6-16-11(4-2)9-14/h10-11H,3-9,13H2,1-2H3. The summed E-state index contributed by atoms with van der Waals surface area (Å²) in [4.78, 5) is 14.1. The third-order valence-corrected chi connectivity index (χ3v) is 4.69. The molecule has 2 N–H and O–H groups in total. The summed E-state index contributed by atoms with van der Waals surface area (Å²) in [6, 6.07) is 0. The highest BCUT2D eigenvalue weighted by atomic mass is 32.2. The molecule has 94 valence electrons. The Morgan fingerprint density at radius 3 is 2.88 bits per heavy atom. The van der Waals surface area contributed by atoms with Gasteiger partial charge in [-0.15, -0.1) is 0 Å². The van der Waals surface area contributed by atoms with Crippen molar-refractivity contribution >= 4 is 17.7 Å². The van der Waals surface area contributed by atoms with E-state index in [0.717, 1.165) is 31.7 Å². The fraction of sp³-hybridized carbons (Fsp3) is 0.917. The molecule has 0 aromatic rings. The summed E-state index contributed by atoms with van der Waals surface area (Å²) in [5.74, 6) is 1.75. The molecule has 1 aliphatic rings. The van der Waals surface area contributed by atoms with Crippen LogP contribution in [0.4, 0.5) is 0 Å². The smallest absolute Gasteiger partial charge is 0.222 e. The SMILES string of the molecule is CCC(CN)CC(=O)N1CCSC(CC)C1. The van der Waals surface area contributed by atoms with Crippen LogP contribution >= 0.6 is 11.8 Å². The largest absolute Gasteiger partial charge is 0.341 e. The first-order valence-electron chi connectivity index (χ1n) is 6.30. The van der Waals surface area contributed by atoms with Crippen molar-refractivity contribution in [3.63, 3.8) is 0 Å². The second-order valence-electron chi connectivity index (χ2n) is 4.45. The summed E-state index contributed by atoms with van der Waals surface area (Å²) < 4.78 is 0. The fourth-order valence-corrected chi connectivity index (χ4v) is 3.14. The lowest BCUT2D eigenvalue weighted by Gasteiger charge is -2.32. The van der Waals surface area contributed by atoms with Crippen molar-refractivity contribution in [2.45, 2.75) is 38.4 Å². The van der Waals surface area contributed by atoms with Crippen molar-refractivity contribution in [1.82, 2.24) is 4.90 Å². The maximum atomic E-state index is 12.0. The van der Waals surface area contributed by atoms with Gasteiger partial charge in [0.2, 0.25) is 5.91 Å². The number of hydrogen-bond acceptors (Lipinski definition) is 3. The zero-order valence-corrected chi connectivity index (χ0v) is 11.3. The Morgan fingerprint density at radius 1 is 1.56 bits per heavy atom. The molecular formula is C12H24N2OS. The first kappa shape index (κ1) is 13.8. The maximum absolute atomic E-state index is 12.0. The number of nitrogens with two attached hydrogens (primary N) is 1. The summed E-state index contributed by atoms with van der Waals surface area (Å²) in [7, 11) is 0. The number of carbonyl (C=O) groups is 1. The van der Waals surface area contributed by atoms with Crippen LogP contribution in [0.3, 0.4) is 0 Å². The van der Waals surface area contributed by atoms with Crippen LogP contribution in [0.15, 0.2) is 0 Å². The molecule has 2 atom stereocenters. The number of thioether (sulfide) groups is 1. The molecule has 3 nitrogen and oxygen atoms in total. The predicted molar refractivity (Wildman–Crippen MR) is 70.6 cm³/mol. The first-order valence-corrected chi connectivity index (χ1v) is 7.35. The van der Waals surface area contributed by atoms with E-state index in [0.29, 0.717) is 30.0 Å². The van der Waals surface area contributed by atoms with E-state index in [2.05, 4.69) is 13.8 Å². The van der Waals surface area contributed by atoms with E-state index >= 15 is 0 Å². The average molecular weight is 244 g/mol. The summed E-state index contributed by atoms with van der Waals surface area (Å²) >= 11 is 2.00. The highest BCUT2D eigenvalue weighted by Gasteiger charge is 2.24. The zero-order chi connectivity index (χ0) is 12.0. The topological polar surface area (TPSA) is 46.3 Å². The third kappa shape index (κ3) is 3.98. The molecule has 4 heteroatoms. The lowest BCUT2D eigenvalue weighted by molar-refractivity contribution is -0.132. The molecule has 1 amide bonds. The molecule has 0 saturated carbocycles. The molecule has 1 aliphatic heterocycles.